The van der Waals surface area contributed by atoms with E-state index in [1.165, 1.54) is 6.07 Å². The minimum atomic E-state index is -0.211. The van der Waals surface area contributed by atoms with Gasteiger partial charge < -0.3 is 0 Å². The Bertz CT molecular complexity index is 518. The fraction of sp³-hybridized carbons (Fsp3) is 0.286. The van der Waals surface area contributed by atoms with E-state index in [0.717, 1.165) is 11.3 Å². The molecule has 0 N–H and O–H groups in total. The third-order valence-electron chi connectivity index (χ3n) is 2.74. The van der Waals surface area contributed by atoms with E-state index in [9.17, 15) is 4.39 Å². The molecule has 0 atom stereocenters. The van der Waals surface area contributed by atoms with E-state index in [1.54, 1.807) is 13.0 Å². The van der Waals surface area contributed by atoms with Gasteiger partial charge in [-0.3, -0.25) is 0 Å². The highest BCUT2D eigenvalue weighted by Crippen LogP contribution is 2.20. The van der Waals surface area contributed by atoms with Crippen LogP contribution < -0.4 is 0 Å². The van der Waals surface area contributed by atoms with Gasteiger partial charge >= 0.3 is 0 Å². The molecule has 0 fully saturated rings. The molecule has 0 spiro atoms. The van der Waals surface area contributed by atoms with Gasteiger partial charge in [-0.2, -0.15) is 10.2 Å². The summed E-state index contributed by atoms with van der Waals surface area (Å²) in [5, 5.41) is 8.26. The fourth-order valence-corrected chi connectivity index (χ4v) is 1.56. The lowest BCUT2D eigenvalue weighted by Crippen LogP contribution is -1.96. The number of hydrogen-bond donors (Lipinski definition) is 0. The molecular weight excluding hydrogens is 215 g/mol. The van der Waals surface area contributed by atoms with Gasteiger partial charge in [0.15, 0.2) is 0 Å². The first-order chi connectivity index (χ1) is 8.08. The van der Waals surface area contributed by atoms with Crippen LogP contribution in [0.5, 0.6) is 0 Å². The Morgan fingerprint density at radius 3 is 2.35 bits per heavy atom. The summed E-state index contributed by atoms with van der Waals surface area (Å²) >= 11 is 0. The quantitative estimate of drug-likeness (QED) is 0.785. The van der Waals surface area contributed by atoms with Gasteiger partial charge in [0.25, 0.3) is 0 Å². The molecule has 2 rings (SSSR count). The maximum absolute atomic E-state index is 13.4. The second-order valence-electron chi connectivity index (χ2n) is 4.46. The van der Waals surface area contributed by atoms with Crippen LogP contribution in [-0.4, -0.2) is 10.2 Å². The van der Waals surface area contributed by atoms with Crippen molar-refractivity contribution in [2.45, 2.75) is 26.7 Å². The first-order valence-electron chi connectivity index (χ1n) is 5.68. The monoisotopic (exact) mass is 230 g/mol. The number of rotatable bonds is 2. The van der Waals surface area contributed by atoms with Crippen molar-refractivity contribution in [3.63, 3.8) is 0 Å². The highest BCUT2D eigenvalue weighted by atomic mass is 19.1. The lowest BCUT2D eigenvalue weighted by atomic mass is 10.1. The summed E-state index contributed by atoms with van der Waals surface area (Å²) < 4.78 is 13.4. The first kappa shape index (κ1) is 11.7. The molecule has 0 aliphatic carbocycles. The van der Waals surface area contributed by atoms with Crippen LogP contribution in [0, 0.1) is 12.7 Å². The predicted molar refractivity (Wildman–Crippen MR) is 66.3 cm³/mol. The molecule has 0 unspecified atom stereocenters. The van der Waals surface area contributed by atoms with Crippen molar-refractivity contribution in [1.82, 2.24) is 10.2 Å². The van der Waals surface area contributed by atoms with Crippen LogP contribution in [0.2, 0.25) is 0 Å². The number of aryl methyl sites for hydroxylation is 1. The molecule has 1 aromatic heterocycles. The Labute approximate surface area is 101 Å². The van der Waals surface area contributed by atoms with Gasteiger partial charge in [-0.15, -0.1) is 0 Å². The third kappa shape index (κ3) is 2.49. The molecule has 0 aliphatic rings. The summed E-state index contributed by atoms with van der Waals surface area (Å²) in [5.41, 5.74) is 3.05. The normalized spacial score (nSPS) is 10.9. The van der Waals surface area contributed by atoms with Crippen molar-refractivity contribution >= 4 is 0 Å². The minimum absolute atomic E-state index is 0.211. The van der Waals surface area contributed by atoms with Crippen LogP contribution in [0.15, 0.2) is 30.3 Å². The number of benzene rings is 1. The van der Waals surface area contributed by atoms with Crippen LogP contribution in [0.3, 0.4) is 0 Å². The van der Waals surface area contributed by atoms with Crippen LogP contribution in [-0.2, 0) is 0 Å². The molecule has 3 heteroatoms. The average Bonchev–Trinajstić information content (AvgIpc) is 2.33. The van der Waals surface area contributed by atoms with Gasteiger partial charge in [0.1, 0.15) is 5.82 Å². The molecule has 0 saturated heterocycles. The molecule has 0 bridgehead atoms. The van der Waals surface area contributed by atoms with Gasteiger partial charge in [-0.05, 0) is 36.6 Å². The highest BCUT2D eigenvalue weighted by molar-refractivity contribution is 5.59. The molecule has 17 heavy (non-hydrogen) atoms. The van der Waals surface area contributed by atoms with E-state index < -0.39 is 0 Å². The van der Waals surface area contributed by atoms with Crippen LogP contribution in [0.1, 0.15) is 31.0 Å². The summed E-state index contributed by atoms with van der Waals surface area (Å²) in [4.78, 5) is 0. The van der Waals surface area contributed by atoms with E-state index in [0.29, 0.717) is 17.2 Å². The number of nitrogens with zero attached hydrogens (tertiary/aromatic N) is 2. The van der Waals surface area contributed by atoms with Crippen molar-refractivity contribution in [2.24, 2.45) is 0 Å². The Kier molecular flexibility index (Phi) is 3.18. The van der Waals surface area contributed by atoms with Gasteiger partial charge in [-0.1, -0.05) is 26.0 Å². The molecule has 0 aliphatic heterocycles. The second-order valence-corrected chi connectivity index (χ2v) is 4.46. The molecular formula is C14H15FN2. The molecule has 0 saturated carbocycles. The largest absolute Gasteiger partial charge is 0.207 e. The average molecular weight is 230 g/mol. The van der Waals surface area contributed by atoms with Crippen molar-refractivity contribution in [3.05, 3.63) is 47.4 Å². The lowest BCUT2D eigenvalue weighted by molar-refractivity contribution is 0.619. The number of halogens is 1. The lowest BCUT2D eigenvalue weighted by Gasteiger charge is -2.05. The Morgan fingerprint density at radius 2 is 1.82 bits per heavy atom. The maximum Gasteiger partial charge on any atom is 0.126 e. The molecule has 0 amide bonds. The third-order valence-corrected chi connectivity index (χ3v) is 2.74. The highest BCUT2D eigenvalue weighted by Gasteiger charge is 2.05. The standard InChI is InChI=1S/C14H15FN2/c1-9(2)13-6-7-14(17-16-13)11-5-4-10(3)12(15)8-11/h4-9H,1-3H3. The SMILES string of the molecule is Cc1ccc(-c2ccc(C(C)C)nn2)cc1F. The summed E-state index contributed by atoms with van der Waals surface area (Å²) in [6.07, 6.45) is 0. The number of hydrogen-bond acceptors (Lipinski definition) is 2. The molecule has 2 aromatic rings. The minimum Gasteiger partial charge on any atom is -0.207 e. The maximum atomic E-state index is 13.4. The number of aromatic nitrogens is 2. The molecule has 1 heterocycles. The van der Waals surface area contributed by atoms with Crippen molar-refractivity contribution in [3.8, 4) is 11.3 Å². The van der Waals surface area contributed by atoms with Crippen LogP contribution >= 0.6 is 0 Å². The smallest absolute Gasteiger partial charge is 0.126 e. The Morgan fingerprint density at radius 1 is 1.06 bits per heavy atom. The molecule has 88 valence electrons. The van der Waals surface area contributed by atoms with Crippen LogP contribution in [0.4, 0.5) is 4.39 Å². The summed E-state index contributed by atoms with van der Waals surface area (Å²) in [5.74, 6) is 0.142. The van der Waals surface area contributed by atoms with Gasteiger partial charge in [0, 0.05) is 5.56 Å². The van der Waals surface area contributed by atoms with E-state index in [-0.39, 0.29) is 5.82 Å². The van der Waals surface area contributed by atoms with Crippen molar-refractivity contribution in [2.75, 3.05) is 0 Å². The zero-order valence-corrected chi connectivity index (χ0v) is 10.2. The molecule has 0 radical (unpaired) electrons. The molecule has 2 nitrogen and oxygen atoms in total. The predicted octanol–water partition coefficient (Wildman–Crippen LogP) is 3.71. The molecule has 1 aromatic carbocycles. The van der Waals surface area contributed by atoms with Gasteiger partial charge in [0.2, 0.25) is 0 Å². The van der Waals surface area contributed by atoms with E-state index in [2.05, 4.69) is 24.0 Å². The second kappa shape index (κ2) is 4.62. The summed E-state index contributed by atoms with van der Waals surface area (Å²) in [7, 11) is 0. The Balaban J connectivity index is 2.36. The topological polar surface area (TPSA) is 25.8 Å². The van der Waals surface area contributed by atoms with Crippen molar-refractivity contribution < 1.29 is 4.39 Å². The van der Waals surface area contributed by atoms with E-state index in [1.807, 2.05) is 18.2 Å². The van der Waals surface area contributed by atoms with E-state index >= 15 is 0 Å². The summed E-state index contributed by atoms with van der Waals surface area (Å²) in [6.45, 7) is 5.87. The first-order valence-corrected chi connectivity index (χ1v) is 5.68. The summed E-state index contributed by atoms with van der Waals surface area (Å²) in [6, 6.07) is 8.92. The van der Waals surface area contributed by atoms with Gasteiger partial charge in [0.05, 0.1) is 11.4 Å². The van der Waals surface area contributed by atoms with Crippen molar-refractivity contribution in [1.29, 1.82) is 0 Å². The van der Waals surface area contributed by atoms with E-state index in [4.69, 9.17) is 0 Å². The fourth-order valence-electron chi connectivity index (χ4n) is 1.56. The van der Waals surface area contributed by atoms with Crippen LogP contribution in [0.25, 0.3) is 11.3 Å². The zero-order valence-electron chi connectivity index (χ0n) is 10.2. The van der Waals surface area contributed by atoms with Gasteiger partial charge in [-0.25, -0.2) is 4.39 Å². The zero-order chi connectivity index (χ0) is 12.4. The Hall–Kier alpha value is -1.77.